The average molecular weight is 313 g/mol. The largest absolute Gasteiger partial charge is 0.497 e. The van der Waals surface area contributed by atoms with Crippen LogP contribution in [0.4, 0.5) is 0 Å². The zero-order chi connectivity index (χ0) is 16.2. The molecule has 1 aromatic rings. The lowest BCUT2D eigenvalue weighted by Gasteiger charge is -2.28. The fraction of sp³-hybridized carbons (Fsp3) is 0.421. The van der Waals surface area contributed by atoms with Crippen LogP contribution >= 0.6 is 0 Å². The molecule has 4 heteroatoms. The van der Waals surface area contributed by atoms with Crippen molar-refractivity contribution < 1.29 is 14.3 Å². The molecule has 1 aliphatic carbocycles. The maximum absolute atomic E-state index is 11.8. The minimum absolute atomic E-state index is 0.171. The molecule has 0 radical (unpaired) electrons. The number of methoxy groups -OCH3 is 1. The van der Waals surface area contributed by atoms with Crippen molar-refractivity contribution in [2.45, 2.75) is 19.8 Å². The number of nitrogens with zero attached hydrogens (tertiary/aromatic N) is 1. The normalized spacial score (nSPS) is 16.8. The molecule has 0 amide bonds. The Morgan fingerprint density at radius 2 is 2.22 bits per heavy atom. The van der Waals surface area contributed by atoms with Crippen molar-refractivity contribution >= 4 is 17.6 Å². The molecule has 0 atom stereocenters. The maximum atomic E-state index is 11.8. The van der Waals surface area contributed by atoms with Crippen LogP contribution in [0.5, 0.6) is 5.75 Å². The van der Waals surface area contributed by atoms with E-state index >= 15 is 0 Å². The van der Waals surface area contributed by atoms with Crippen LogP contribution in [0, 0.1) is 0 Å². The van der Waals surface area contributed by atoms with Crippen LogP contribution in [0.3, 0.4) is 0 Å². The van der Waals surface area contributed by atoms with E-state index in [1.807, 2.05) is 19.1 Å². The number of hydrogen-bond acceptors (Lipinski definition) is 4. The second-order valence-corrected chi connectivity index (χ2v) is 5.89. The van der Waals surface area contributed by atoms with Crippen LogP contribution < -0.4 is 4.74 Å². The molecule has 23 heavy (non-hydrogen) atoms. The van der Waals surface area contributed by atoms with Gasteiger partial charge in [-0.3, -0.25) is 4.90 Å². The van der Waals surface area contributed by atoms with E-state index in [2.05, 4.69) is 23.1 Å². The standard InChI is InChI=1S/C19H23NO3/c1-3-23-19(21)16-5-4-9-20(13-16)10-8-15-11-14-6-7-17(22-2)12-18(14)15/h5-7,11-12H,3-4,8-10,13H2,1-2H3. The van der Waals surface area contributed by atoms with Gasteiger partial charge in [0.1, 0.15) is 5.75 Å². The molecule has 1 aromatic carbocycles. The summed E-state index contributed by atoms with van der Waals surface area (Å²) in [7, 11) is 1.70. The molecule has 0 saturated carbocycles. The van der Waals surface area contributed by atoms with E-state index in [9.17, 15) is 4.79 Å². The third-order valence-electron chi connectivity index (χ3n) is 4.40. The first-order valence-electron chi connectivity index (χ1n) is 8.18. The lowest BCUT2D eigenvalue weighted by molar-refractivity contribution is -0.138. The van der Waals surface area contributed by atoms with Crippen molar-refractivity contribution in [1.82, 2.24) is 4.90 Å². The summed E-state index contributed by atoms with van der Waals surface area (Å²) in [5.74, 6) is 0.731. The van der Waals surface area contributed by atoms with E-state index in [1.54, 1.807) is 7.11 Å². The minimum Gasteiger partial charge on any atom is -0.497 e. The van der Waals surface area contributed by atoms with Crippen molar-refractivity contribution in [1.29, 1.82) is 0 Å². The van der Waals surface area contributed by atoms with E-state index in [0.29, 0.717) is 13.2 Å². The van der Waals surface area contributed by atoms with Gasteiger partial charge in [0, 0.05) is 25.2 Å². The third kappa shape index (κ3) is 3.48. The summed E-state index contributed by atoms with van der Waals surface area (Å²) in [6, 6.07) is 6.19. The van der Waals surface area contributed by atoms with Crippen LogP contribution in [0.2, 0.25) is 0 Å². The van der Waals surface area contributed by atoms with Gasteiger partial charge in [-0.1, -0.05) is 18.2 Å². The molecular weight excluding hydrogens is 290 g/mol. The Hall–Kier alpha value is -2.07. The Balaban J connectivity index is 1.54. The zero-order valence-corrected chi connectivity index (χ0v) is 13.8. The molecule has 0 aromatic heterocycles. The highest BCUT2D eigenvalue weighted by Crippen LogP contribution is 2.37. The number of carbonyl (C=O) groups is 1. The van der Waals surface area contributed by atoms with Gasteiger partial charge >= 0.3 is 5.97 Å². The van der Waals surface area contributed by atoms with Crippen molar-refractivity contribution in [3.63, 3.8) is 0 Å². The zero-order valence-electron chi connectivity index (χ0n) is 13.8. The number of benzene rings is 1. The lowest BCUT2D eigenvalue weighted by Crippen LogP contribution is -2.33. The topological polar surface area (TPSA) is 38.8 Å². The summed E-state index contributed by atoms with van der Waals surface area (Å²) in [6.45, 7) is 4.92. The smallest absolute Gasteiger partial charge is 0.334 e. The predicted molar refractivity (Wildman–Crippen MR) is 91.3 cm³/mol. The highest BCUT2D eigenvalue weighted by molar-refractivity contribution is 5.96. The maximum Gasteiger partial charge on any atom is 0.334 e. The van der Waals surface area contributed by atoms with Gasteiger partial charge < -0.3 is 9.47 Å². The Morgan fingerprint density at radius 1 is 1.35 bits per heavy atom. The number of hydrogen-bond donors (Lipinski definition) is 0. The minimum atomic E-state index is -0.171. The Kier molecular flexibility index (Phi) is 4.82. The van der Waals surface area contributed by atoms with Crippen molar-refractivity contribution in [2.24, 2.45) is 0 Å². The second-order valence-electron chi connectivity index (χ2n) is 5.89. The van der Waals surface area contributed by atoms with Crippen LogP contribution in [0.25, 0.3) is 11.6 Å². The summed E-state index contributed by atoms with van der Waals surface area (Å²) < 4.78 is 10.4. The molecular formula is C19H23NO3. The monoisotopic (exact) mass is 313 g/mol. The Morgan fingerprint density at radius 3 is 3.00 bits per heavy atom. The molecule has 0 fully saturated rings. The molecule has 1 aliphatic heterocycles. The van der Waals surface area contributed by atoms with E-state index in [4.69, 9.17) is 9.47 Å². The number of ether oxygens (including phenoxy) is 2. The van der Waals surface area contributed by atoms with E-state index < -0.39 is 0 Å². The van der Waals surface area contributed by atoms with Crippen molar-refractivity contribution in [3.8, 4) is 5.75 Å². The summed E-state index contributed by atoms with van der Waals surface area (Å²) >= 11 is 0. The number of carbonyl (C=O) groups excluding carboxylic acids is 1. The number of rotatable bonds is 6. The van der Waals surface area contributed by atoms with Gasteiger partial charge in [-0.05, 0) is 48.6 Å². The predicted octanol–water partition coefficient (Wildman–Crippen LogP) is 3.13. The molecule has 2 aliphatic rings. The van der Waals surface area contributed by atoms with Gasteiger partial charge in [-0.15, -0.1) is 0 Å². The SMILES string of the molecule is CCOC(=O)C1=CCCN(CCC2=Cc3ccc(OC)cc32)C1. The first-order valence-corrected chi connectivity index (χ1v) is 8.18. The first-order chi connectivity index (χ1) is 11.2. The van der Waals surface area contributed by atoms with Crippen LogP contribution in [0.15, 0.2) is 29.8 Å². The number of esters is 1. The van der Waals surface area contributed by atoms with E-state index in [0.717, 1.165) is 37.3 Å². The summed E-state index contributed by atoms with van der Waals surface area (Å²) in [4.78, 5) is 14.2. The Bertz CT molecular complexity index is 661. The molecule has 1 heterocycles. The average Bonchev–Trinajstić information content (AvgIpc) is 2.56. The molecule has 3 rings (SSSR count). The van der Waals surface area contributed by atoms with Crippen molar-refractivity contribution in [2.75, 3.05) is 33.4 Å². The van der Waals surface area contributed by atoms with E-state index in [1.165, 1.54) is 16.7 Å². The van der Waals surface area contributed by atoms with E-state index in [-0.39, 0.29) is 5.97 Å². The van der Waals surface area contributed by atoms with Gasteiger partial charge in [-0.2, -0.15) is 0 Å². The molecule has 0 N–H and O–H groups in total. The lowest BCUT2D eigenvalue weighted by atomic mass is 9.86. The summed E-state index contributed by atoms with van der Waals surface area (Å²) in [5.41, 5.74) is 4.74. The highest BCUT2D eigenvalue weighted by atomic mass is 16.5. The van der Waals surface area contributed by atoms with Crippen molar-refractivity contribution in [3.05, 3.63) is 41.0 Å². The van der Waals surface area contributed by atoms with Crippen LogP contribution in [-0.4, -0.2) is 44.2 Å². The molecule has 0 bridgehead atoms. The fourth-order valence-corrected chi connectivity index (χ4v) is 3.11. The van der Waals surface area contributed by atoms with Gasteiger partial charge in [0.2, 0.25) is 0 Å². The summed E-state index contributed by atoms with van der Waals surface area (Å²) in [6.07, 6.45) is 6.16. The Labute approximate surface area is 137 Å². The van der Waals surface area contributed by atoms with Crippen LogP contribution in [0.1, 0.15) is 30.9 Å². The van der Waals surface area contributed by atoms with Gasteiger partial charge in [0.15, 0.2) is 0 Å². The third-order valence-corrected chi connectivity index (χ3v) is 4.40. The molecule has 0 saturated heterocycles. The van der Waals surface area contributed by atoms with Gasteiger partial charge in [-0.25, -0.2) is 4.79 Å². The fourth-order valence-electron chi connectivity index (χ4n) is 3.11. The molecule has 0 unspecified atom stereocenters. The number of fused-ring (bicyclic) bond motifs is 1. The van der Waals surface area contributed by atoms with Gasteiger partial charge in [0.05, 0.1) is 13.7 Å². The second kappa shape index (κ2) is 7.01. The molecule has 122 valence electrons. The molecule has 4 nitrogen and oxygen atoms in total. The summed E-state index contributed by atoms with van der Waals surface area (Å²) in [5, 5.41) is 0. The van der Waals surface area contributed by atoms with Crippen LogP contribution in [-0.2, 0) is 9.53 Å². The van der Waals surface area contributed by atoms with Gasteiger partial charge in [0.25, 0.3) is 0 Å². The quantitative estimate of drug-likeness (QED) is 0.756. The first kappa shape index (κ1) is 15.8. The highest BCUT2D eigenvalue weighted by Gasteiger charge is 2.21. The molecule has 0 spiro atoms.